The third-order valence-corrected chi connectivity index (χ3v) is 3.18. The van der Waals surface area contributed by atoms with Crippen molar-refractivity contribution in [1.82, 2.24) is 4.98 Å². The van der Waals surface area contributed by atoms with E-state index in [1.165, 1.54) is 11.3 Å². The van der Waals surface area contributed by atoms with Crippen LogP contribution in [0.2, 0.25) is 0 Å². The molecule has 0 fully saturated rings. The quantitative estimate of drug-likeness (QED) is 0.902. The van der Waals surface area contributed by atoms with E-state index >= 15 is 0 Å². The summed E-state index contributed by atoms with van der Waals surface area (Å²) in [5.41, 5.74) is 6.43. The first-order valence-corrected chi connectivity index (χ1v) is 5.91. The minimum absolute atomic E-state index is 0. The lowest BCUT2D eigenvalue weighted by Gasteiger charge is -2.20. The second kappa shape index (κ2) is 6.83. The minimum atomic E-state index is -0.144. The molecule has 4 nitrogen and oxygen atoms in total. The van der Waals surface area contributed by atoms with E-state index in [1.54, 1.807) is 4.90 Å². The first-order valence-electron chi connectivity index (χ1n) is 5.03. The van der Waals surface area contributed by atoms with Crippen LogP contribution in [0.25, 0.3) is 0 Å². The Hall–Kier alpha value is -0.650. The number of nitrogens with two attached hydrogens (primary N) is 1. The Morgan fingerprint density at radius 3 is 2.69 bits per heavy atom. The number of hydrogen-bond donors (Lipinski definition) is 1. The number of amides is 1. The maximum absolute atomic E-state index is 11.9. The Morgan fingerprint density at radius 1 is 1.69 bits per heavy atom. The van der Waals surface area contributed by atoms with Gasteiger partial charge in [0, 0.05) is 24.4 Å². The molecule has 0 saturated heterocycles. The number of carbonyl (C=O) groups is 1. The fraction of sp³-hybridized carbons (Fsp3) is 0.600. The Kier molecular flexibility index (Phi) is 6.55. The lowest BCUT2D eigenvalue weighted by molar-refractivity contribution is -0.121. The summed E-state index contributed by atoms with van der Waals surface area (Å²) in [6, 6.07) is 0. The third-order valence-electron chi connectivity index (χ3n) is 2.20. The molecule has 0 bridgehead atoms. The summed E-state index contributed by atoms with van der Waals surface area (Å²) >= 11 is 1.49. The van der Waals surface area contributed by atoms with Crippen molar-refractivity contribution in [3.63, 3.8) is 0 Å². The van der Waals surface area contributed by atoms with Crippen LogP contribution in [0.4, 0.5) is 5.13 Å². The summed E-state index contributed by atoms with van der Waals surface area (Å²) in [6.07, 6.45) is 0. The van der Waals surface area contributed by atoms with Crippen molar-refractivity contribution in [3.05, 3.63) is 11.1 Å². The van der Waals surface area contributed by atoms with Crippen molar-refractivity contribution in [2.45, 2.75) is 20.8 Å². The molecule has 0 radical (unpaired) electrons. The van der Waals surface area contributed by atoms with Gasteiger partial charge in [0.1, 0.15) is 0 Å². The first kappa shape index (κ1) is 15.3. The van der Waals surface area contributed by atoms with E-state index < -0.39 is 0 Å². The zero-order valence-electron chi connectivity index (χ0n) is 9.77. The number of anilines is 1. The molecule has 6 heteroatoms. The van der Waals surface area contributed by atoms with Gasteiger partial charge in [-0.2, -0.15) is 0 Å². The fourth-order valence-corrected chi connectivity index (χ4v) is 2.09. The number of aryl methyl sites for hydroxylation is 1. The summed E-state index contributed by atoms with van der Waals surface area (Å²) in [5.74, 6) is -0.0940. The van der Waals surface area contributed by atoms with Crippen LogP contribution < -0.4 is 10.6 Å². The summed E-state index contributed by atoms with van der Waals surface area (Å²) in [5, 5.41) is 2.71. The molecule has 0 aliphatic heterocycles. The second-order valence-corrected chi connectivity index (χ2v) is 4.33. The number of nitrogens with zero attached hydrogens (tertiary/aromatic N) is 2. The van der Waals surface area contributed by atoms with Crippen molar-refractivity contribution in [3.8, 4) is 0 Å². The molecule has 0 aliphatic carbocycles. The predicted octanol–water partition coefficient (Wildman–Crippen LogP) is 1.82. The van der Waals surface area contributed by atoms with E-state index in [2.05, 4.69) is 4.98 Å². The average Bonchev–Trinajstić information content (AvgIpc) is 2.64. The normalized spacial score (nSPS) is 11.8. The average molecular weight is 264 g/mol. The fourth-order valence-electron chi connectivity index (χ4n) is 1.22. The molecule has 1 atom stereocenters. The van der Waals surface area contributed by atoms with E-state index in [4.69, 9.17) is 5.73 Å². The van der Waals surface area contributed by atoms with E-state index in [0.29, 0.717) is 13.1 Å². The van der Waals surface area contributed by atoms with E-state index in [1.807, 2.05) is 26.2 Å². The molecule has 1 amide bonds. The van der Waals surface area contributed by atoms with E-state index in [9.17, 15) is 4.79 Å². The van der Waals surface area contributed by atoms with Gasteiger partial charge in [0.2, 0.25) is 5.91 Å². The Labute approximate surface area is 106 Å². The molecular weight excluding hydrogens is 246 g/mol. The molecule has 0 aliphatic rings. The molecule has 16 heavy (non-hydrogen) atoms. The van der Waals surface area contributed by atoms with Gasteiger partial charge >= 0.3 is 0 Å². The Balaban J connectivity index is 0.00000225. The van der Waals surface area contributed by atoms with Crippen LogP contribution in [0, 0.1) is 12.8 Å². The highest BCUT2D eigenvalue weighted by Crippen LogP contribution is 2.21. The highest BCUT2D eigenvalue weighted by Gasteiger charge is 2.21. The van der Waals surface area contributed by atoms with Gasteiger partial charge in [-0.3, -0.25) is 9.69 Å². The molecule has 1 aromatic rings. The largest absolute Gasteiger partial charge is 0.330 e. The van der Waals surface area contributed by atoms with Gasteiger partial charge in [-0.15, -0.1) is 23.7 Å². The van der Waals surface area contributed by atoms with Crippen LogP contribution in [0.3, 0.4) is 0 Å². The van der Waals surface area contributed by atoms with Crippen molar-refractivity contribution in [2.75, 3.05) is 18.0 Å². The van der Waals surface area contributed by atoms with Crippen molar-refractivity contribution >= 4 is 34.8 Å². The molecule has 0 spiro atoms. The van der Waals surface area contributed by atoms with Crippen molar-refractivity contribution < 1.29 is 4.79 Å². The molecule has 1 heterocycles. The van der Waals surface area contributed by atoms with Gasteiger partial charge in [0.05, 0.1) is 5.69 Å². The SMILES string of the molecule is CCN(C(=O)C(C)CN)c1nc(C)cs1.Cl. The summed E-state index contributed by atoms with van der Waals surface area (Å²) in [7, 11) is 0. The van der Waals surface area contributed by atoms with Crippen LogP contribution >= 0.6 is 23.7 Å². The topological polar surface area (TPSA) is 59.2 Å². The maximum Gasteiger partial charge on any atom is 0.232 e. The van der Waals surface area contributed by atoms with Gasteiger partial charge in [0.15, 0.2) is 5.13 Å². The van der Waals surface area contributed by atoms with Crippen LogP contribution in [-0.4, -0.2) is 24.0 Å². The minimum Gasteiger partial charge on any atom is -0.330 e. The molecule has 1 unspecified atom stereocenters. The highest BCUT2D eigenvalue weighted by molar-refractivity contribution is 7.14. The zero-order chi connectivity index (χ0) is 11.4. The number of aromatic nitrogens is 1. The van der Waals surface area contributed by atoms with Gasteiger partial charge < -0.3 is 5.73 Å². The standard InChI is InChI=1S/C10H17N3OS.ClH/c1-4-13(9(14)7(2)5-11)10-12-8(3)6-15-10;/h6-7H,4-5,11H2,1-3H3;1H. The van der Waals surface area contributed by atoms with Crippen LogP contribution in [0.5, 0.6) is 0 Å². The van der Waals surface area contributed by atoms with Gasteiger partial charge in [0.25, 0.3) is 0 Å². The monoisotopic (exact) mass is 263 g/mol. The van der Waals surface area contributed by atoms with E-state index in [0.717, 1.165) is 10.8 Å². The van der Waals surface area contributed by atoms with Crippen LogP contribution in [-0.2, 0) is 4.79 Å². The lowest BCUT2D eigenvalue weighted by atomic mass is 10.1. The number of hydrogen-bond acceptors (Lipinski definition) is 4. The molecule has 1 rings (SSSR count). The van der Waals surface area contributed by atoms with Crippen molar-refractivity contribution in [2.24, 2.45) is 11.7 Å². The van der Waals surface area contributed by atoms with Crippen LogP contribution in [0.1, 0.15) is 19.5 Å². The molecular formula is C10H18ClN3OS. The lowest BCUT2D eigenvalue weighted by Crippen LogP contribution is -2.37. The van der Waals surface area contributed by atoms with Gasteiger partial charge in [-0.05, 0) is 13.8 Å². The van der Waals surface area contributed by atoms with Crippen molar-refractivity contribution in [1.29, 1.82) is 0 Å². The molecule has 2 N–H and O–H groups in total. The zero-order valence-corrected chi connectivity index (χ0v) is 11.4. The third kappa shape index (κ3) is 3.43. The van der Waals surface area contributed by atoms with E-state index in [-0.39, 0.29) is 24.2 Å². The first-order chi connectivity index (χ1) is 7.10. The number of thiazole rings is 1. The second-order valence-electron chi connectivity index (χ2n) is 3.49. The number of carbonyl (C=O) groups excluding carboxylic acids is 1. The molecule has 0 saturated carbocycles. The van der Waals surface area contributed by atoms with Gasteiger partial charge in [-0.1, -0.05) is 6.92 Å². The maximum atomic E-state index is 11.9. The number of rotatable bonds is 4. The number of halogens is 1. The summed E-state index contributed by atoms with van der Waals surface area (Å²) in [4.78, 5) is 17.9. The van der Waals surface area contributed by atoms with Crippen LogP contribution in [0.15, 0.2) is 5.38 Å². The predicted molar refractivity (Wildman–Crippen MR) is 70.3 cm³/mol. The van der Waals surface area contributed by atoms with Gasteiger partial charge in [-0.25, -0.2) is 4.98 Å². The summed E-state index contributed by atoms with van der Waals surface area (Å²) in [6.45, 7) is 6.71. The molecule has 0 aromatic carbocycles. The Bertz CT molecular complexity index is 343. The molecule has 92 valence electrons. The summed E-state index contributed by atoms with van der Waals surface area (Å²) < 4.78 is 0. The molecule has 1 aromatic heterocycles. The smallest absolute Gasteiger partial charge is 0.232 e. The highest BCUT2D eigenvalue weighted by atomic mass is 35.5. The Morgan fingerprint density at radius 2 is 2.31 bits per heavy atom.